The molecule has 4 aliphatic heterocycles. The van der Waals surface area contributed by atoms with Crippen molar-refractivity contribution in [3.8, 4) is 0 Å². The Morgan fingerprint density at radius 1 is 0.871 bits per heavy atom. The lowest BCUT2D eigenvalue weighted by molar-refractivity contribution is -0.137. The van der Waals surface area contributed by atoms with Crippen molar-refractivity contribution >= 4 is 46.1 Å². The van der Waals surface area contributed by atoms with Gasteiger partial charge in [-0.1, -0.05) is 49.2 Å². The van der Waals surface area contributed by atoms with Crippen LogP contribution in [0.15, 0.2) is 65.7 Å². The second kappa shape index (κ2) is 16.1. The molecular formula is C48H53N9O5. The van der Waals surface area contributed by atoms with Crippen molar-refractivity contribution in [2.75, 3.05) is 29.9 Å². The number of nitrogens with one attached hydrogen (secondary N) is 2. The summed E-state index contributed by atoms with van der Waals surface area (Å²) in [5.74, 6) is 0.307. The summed E-state index contributed by atoms with van der Waals surface area (Å²) in [6.07, 6.45) is 10.6. The fraction of sp³-hybridized carbons (Fsp3) is 0.438. The van der Waals surface area contributed by atoms with Gasteiger partial charge in [-0.05, 0) is 103 Å². The Bertz CT molecular complexity index is 2660. The fourth-order valence-electron chi connectivity index (χ4n) is 10.6. The van der Waals surface area contributed by atoms with Gasteiger partial charge in [-0.25, -0.2) is 9.97 Å². The molecular weight excluding hydrogens is 783 g/mol. The summed E-state index contributed by atoms with van der Waals surface area (Å²) in [5.41, 5.74) is 8.52. The Balaban J connectivity index is 0.750. The minimum atomic E-state index is -0.886. The van der Waals surface area contributed by atoms with Gasteiger partial charge in [0.05, 0.1) is 29.1 Å². The molecule has 10 rings (SSSR count). The second-order valence-electron chi connectivity index (χ2n) is 18.1. The van der Waals surface area contributed by atoms with Crippen LogP contribution < -0.4 is 21.1 Å². The van der Waals surface area contributed by atoms with E-state index in [4.69, 9.17) is 9.97 Å². The van der Waals surface area contributed by atoms with Crippen molar-refractivity contribution in [3.05, 3.63) is 116 Å². The molecule has 14 nitrogen and oxygen atoms in total. The van der Waals surface area contributed by atoms with Crippen LogP contribution in [0, 0.1) is 6.92 Å². The highest BCUT2D eigenvalue weighted by atomic mass is 16.3. The first-order chi connectivity index (χ1) is 30.0. The van der Waals surface area contributed by atoms with E-state index >= 15 is 0 Å². The summed E-state index contributed by atoms with van der Waals surface area (Å²) in [4.78, 5) is 71.3. The number of nitrogens with zero attached hydrogens (tertiary/aromatic N) is 7. The van der Waals surface area contributed by atoms with Crippen LogP contribution in [0.3, 0.4) is 0 Å². The molecule has 0 spiro atoms. The molecule has 1 aliphatic carbocycles. The lowest BCUT2D eigenvalue weighted by Crippen LogP contribution is -2.50. The zero-order valence-corrected chi connectivity index (χ0v) is 35.5. The van der Waals surface area contributed by atoms with E-state index in [-0.39, 0.29) is 40.8 Å². The molecule has 2 aromatic carbocycles. The number of hydrogen-bond donors (Lipinski definition) is 3. The van der Waals surface area contributed by atoms with Gasteiger partial charge in [0, 0.05) is 69.9 Å². The molecule has 5 aromatic rings. The highest BCUT2D eigenvalue weighted by molar-refractivity contribution is 6.00. The molecule has 7 heterocycles. The molecule has 62 heavy (non-hydrogen) atoms. The van der Waals surface area contributed by atoms with Gasteiger partial charge in [0.25, 0.3) is 5.56 Å². The molecule has 1 atom stereocenters. The number of carbonyl (C=O) groups excluding carboxylic acids is 3. The number of pyridine rings is 2. The van der Waals surface area contributed by atoms with Gasteiger partial charge in [0.15, 0.2) is 5.78 Å². The van der Waals surface area contributed by atoms with Gasteiger partial charge in [-0.15, -0.1) is 0 Å². The van der Waals surface area contributed by atoms with Crippen LogP contribution in [0.2, 0.25) is 0 Å². The number of benzene rings is 2. The molecule has 0 radical (unpaired) electrons. The number of rotatable bonds is 9. The van der Waals surface area contributed by atoms with E-state index in [2.05, 4.69) is 72.8 Å². The largest absolute Gasteiger partial charge is 0.385 e. The maximum absolute atomic E-state index is 13.6. The van der Waals surface area contributed by atoms with Crippen molar-refractivity contribution in [2.45, 2.75) is 115 Å². The van der Waals surface area contributed by atoms with Gasteiger partial charge in [-0.2, -0.15) is 4.98 Å². The van der Waals surface area contributed by atoms with Crippen molar-refractivity contribution in [2.24, 2.45) is 0 Å². The Morgan fingerprint density at radius 3 is 2.40 bits per heavy atom. The lowest BCUT2D eigenvalue weighted by Gasteiger charge is -2.39. The normalized spacial score (nSPS) is 20.6. The number of carbonyl (C=O) groups is 3. The van der Waals surface area contributed by atoms with Gasteiger partial charge in [0.1, 0.15) is 11.5 Å². The number of hydrogen-bond acceptors (Lipinski definition) is 12. The summed E-state index contributed by atoms with van der Waals surface area (Å²) in [7, 11) is 0. The summed E-state index contributed by atoms with van der Waals surface area (Å²) >= 11 is 0. The molecule has 3 N–H and O–H groups in total. The number of aromatic nitrogens is 4. The minimum absolute atomic E-state index is 0.0102. The van der Waals surface area contributed by atoms with Crippen molar-refractivity contribution in [1.82, 2.24) is 34.6 Å². The van der Waals surface area contributed by atoms with Crippen LogP contribution >= 0.6 is 0 Å². The van der Waals surface area contributed by atoms with E-state index in [0.29, 0.717) is 67.1 Å². The number of imide groups is 1. The Kier molecular flexibility index (Phi) is 10.5. The molecule has 14 heteroatoms. The third-order valence-corrected chi connectivity index (χ3v) is 14.1. The van der Waals surface area contributed by atoms with Crippen LogP contribution in [0.25, 0.3) is 11.0 Å². The maximum atomic E-state index is 13.6. The SMILES string of the molecule is CC(=O)c1c(C)c2cnc(Nc3ccc(N4CCc5cc(CN6CCC(O)(c7ccc8c(c7)CN(C7CCC(=O)NC7=O)C8)CC6)ccc5C4)cn3)nc2n(C2CCCC2)c1=O. The Morgan fingerprint density at radius 2 is 1.65 bits per heavy atom. The number of aliphatic hydroxyl groups is 1. The van der Waals surface area contributed by atoms with Gasteiger partial charge in [-0.3, -0.25) is 38.9 Å². The molecule has 2 saturated heterocycles. The zero-order chi connectivity index (χ0) is 42.7. The number of anilines is 3. The summed E-state index contributed by atoms with van der Waals surface area (Å²) in [6, 6.07) is 16.8. The predicted molar refractivity (Wildman–Crippen MR) is 235 cm³/mol. The first-order valence-corrected chi connectivity index (χ1v) is 22.2. The van der Waals surface area contributed by atoms with E-state index in [1.165, 1.54) is 29.2 Å². The molecule has 3 aromatic heterocycles. The van der Waals surface area contributed by atoms with Crippen LogP contribution in [-0.4, -0.2) is 77.7 Å². The maximum Gasteiger partial charge on any atom is 0.263 e. The molecule has 0 bridgehead atoms. The summed E-state index contributed by atoms with van der Waals surface area (Å²) in [6.45, 7) is 8.68. The van der Waals surface area contributed by atoms with E-state index in [1.807, 2.05) is 12.3 Å². The molecule has 2 amide bonds. The average Bonchev–Trinajstić information content (AvgIpc) is 3.95. The number of Topliss-reactive ketones (excluding diaryl/α,β-unsaturated/α-hetero) is 1. The number of piperidine rings is 2. The lowest BCUT2D eigenvalue weighted by atomic mass is 9.83. The highest BCUT2D eigenvalue weighted by Gasteiger charge is 2.38. The zero-order valence-electron chi connectivity index (χ0n) is 35.5. The third-order valence-electron chi connectivity index (χ3n) is 14.1. The minimum Gasteiger partial charge on any atom is -0.385 e. The summed E-state index contributed by atoms with van der Waals surface area (Å²) < 4.78 is 1.72. The monoisotopic (exact) mass is 835 g/mol. The van der Waals surface area contributed by atoms with Crippen LogP contribution in [0.5, 0.6) is 0 Å². The second-order valence-corrected chi connectivity index (χ2v) is 18.1. The standard InChI is InChI=1S/C48H53N9O5/c1-29-39-24-50-47(53-44(39)57(37-5-3-4-6-37)46(61)43(29)30(2)58)51-41-13-11-38(23-49-41)55-18-15-32-21-31(7-8-33(32)26-55)25-54-19-16-48(62,17-20-54)36-10-9-34-27-56(28-35(34)22-36)40-12-14-42(59)52-45(40)60/h7-11,13,21-24,37,40,62H,3-6,12,14-20,25-28H2,1-2H3,(H,52,59,60)(H,49,50,51,53). The first kappa shape index (κ1) is 40.3. The van der Waals surface area contributed by atoms with E-state index in [9.17, 15) is 24.3 Å². The quantitative estimate of drug-likeness (QED) is 0.122. The Hall–Kier alpha value is -5.83. The Labute approximate surface area is 360 Å². The molecule has 1 unspecified atom stereocenters. The molecule has 1 saturated carbocycles. The fourth-order valence-corrected chi connectivity index (χ4v) is 10.6. The third kappa shape index (κ3) is 7.58. The molecule has 320 valence electrons. The topological polar surface area (TPSA) is 166 Å². The van der Waals surface area contributed by atoms with E-state index in [0.717, 1.165) is 81.6 Å². The highest BCUT2D eigenvalue weighted by Crippen LogP contribution is 2.38. The molecule has 5 aliphatic rings. The van der Waals surface area contributed by atoms with Crippen LogP contribution in [0.1, 0.15) is 114 Å². The smallest absolute Gasteiger partial charge is 0.263 e. The average molecular weight is 836 g/mol. The number of fused-ring (bicyclic) bond motifs is 3. The van der Waals surface area contributed by atoms with Crippen molar-refractivity contribution in [3.63, 3.8) is 0 Å². The van der Waals surface area contributed by atoms with Gasteiger partial charge >= 0.3 is 0 Å². The first-order valence-electron chi connectivity index (χ1n) is 22.2. The van der Waals surface area contributed by atoms with Crippen molar-refractivity contribution < 1.29 is 19.5 Å². The van der Waals surface area contributed by atoms with Crippen molar-refractivity contribution in [1.29, 1.82) is 0 Å². The summed E-state index contributed by atoms with van der Waals surface area (Å²) in [5, 5.41) is 18.3. The van der Waals surface area contributed by atoms with E-state index in [1.54, 1.807) is 17.7 Å². The number of aryl methyl sites for hydroxylation is 1. The number of ketones is 1. The van der Waals surface area contributed by atoms with E-state index < -0.39 is 5.60 Å². The van der Waals surface area contributed by atoms with Gasteiger partial charge in [0.2, 0.25) is 17.8 Å². The molecule has 3 fully saturated rings. The predicted octanol–water partition coefficient (Wildman–Crippen LogP) is 5.72. The number of amides is 2. The van der Waals surface area contributed by atoms with Crippen LogP contribution in [0.4, 0.5) is 17.5 Å². The van der Waals surface area contributed by atoms with Crippen LogP contribution in [-0.2, 0) is 47.8 Å². The van der Waals surface area contributed by atoms with Gasteiger partial charge < -0.3 is 15.3 Å². The number of likely N-dealkylation sites (tertiary alicyclic amines) is 1.